The van der Waals surface area contributed by atoms with Crippen LogP contribution in [-0.2, 0) is 11.8 Å². The van der Waals surface area contributed by atoms with Crippen molar-refractivity contribution in [3.63, 3.8) is 0 Å². The van der Waals surface area contributed by atoms with Gasteiger partial charge in [-0.25, -0.2) is 0 Å². The van der Waals surface area contributed by atoms with Crippen molar-refractivity contribution in [1.29, 1.82) is 0 Å². The third kappa shape index (κ3) is 2.14. The third-order valence-corrected chi connectivity index (χ3v) is 6.15. The molecule has 0 saturated heterocycles. The summed E-state index contributed by atoms with van der Waals surface area (Å²) in [6, 6.07) is 0. The van der Waals surface area contributed by atoms with Gasteiger partial charge < -0.3 is 9.84 Å². The second kappa shape index (κ2) is 4.31. The molecule has 5 rings (SSSR count). The van der Waals surface area contributed by atoms with E-state index in [0.29, 0.717) is 10.8 Å². The lowest BCUT2D eigenvalue weighted by atomic mass is 9.40. The van der Waals surface area contributed by atoms with E-state index in [2.05, 4.69) is 24.3 Å². The first-order valence-electron chi connectivity index (χ1n) is 8.42. The molecule has 0 aromatic carbocycles. The highest BCUT2D eigenvalue weighted by Crippen LogP contribution is 2.69. The number of likely N-dealkylation sites (N-methyl/N-ethyl adjacent to an activating group) is 1. The van der Waals surface area contributed by atoms with E-state index >= 15 is 0 Å². The Balaban J connectivity index is 1.66. The SMILES string of the molecule is CNCCc1noc(C23CC4CC(C)(CC(C)(C4)C2)C3)n1. The van der Waals surface area contributed by atoms with Gasteiger partial charge in [-0.05, 0) is 62.3 Å². The zero-order valence-corrected chi connectivity index (χ0v) is 13.5. The Labute approximate surface area is 127 Å². The highest BCUT2D eigenvalue weighted by Gasteiger charge is 2.62. The predicted molar refractivity (Wildman–Crippen MR) is 81.0 cm³/mol. The average Bonchev–Trinajstić information content (AvgIpc) is 2.81. The first kappa shape index (κ1) is 13.7. The summed E-state index contributed by atoms with van der Waals surface area (Å²) in [5.41, 5.74) is 1.16. The van der Waals surface area contributed by atoms with Crippen LogP contribution in [0.25, 0.3) is 0 Å². The Morgan fingerprint density at radius 2 is 1.86 bits per heavy atom. The molecule has 4 aliphatic rings. The average molecular weight is 289 g/mol. The van der Waals surface area contributed by atoms with Crippen LogP contribution < -0.4 is 5.32 Å². The summed E-state index contributed by atoms with van der Waals surface area (Å²) in [6.45, 7) is 5.88. The monoisotopic (exact) mass is 289 g/mol. The zero-order valence-electron chi connectivity index (χ0n) is 13.5. The molecule has 21 heavy (non-hydrogen) atoms. The van der Waals surface area contributed by atoms with E-state index in [1.54, 1.807) is 0 Å². The van der Waals surface area contributed by atoms with Gasteiger partial charge in [-0.15, -0.1) is 0 Å². The number of rotatable bonds is 4. The van der Waals surface area contributed by atoms with Gasteiger partial charge in [0.1, 0.15) is 0 Å². The van der Waals surface area contributed by atoms with E-state index < -0.39 is 0 Å². The Morgan fingerprint density at radius 3 is 2.48 bits per heavy atom. The zero-order chi connectivity index (χ0) is 14.7. The summed E-state index contributed by atoms with van der Waals surface area (Å²) < 4.78 is 5.75. The van der Waals surface area contributed by atoms with Crippen molar-refractivity contribution in [3.05, 3.63) is 11.7 Å². The molecule has 2 unspecified atom stereocenters. The fraction of sp³-hybridized carbons (Fsp3) is 0.882. The number of nitrogens with one attached hydrogen (secondary N) is 1. The van der Waals surface area contributed by atoms with E-state index in [-0.39, 0.29) is 5.41 Å². The molecule has 4 fully saturated rings. The van der Waals surface area contributed by atoms with Crippen LogP contribution in [0.2, 0.25) is 0 Å². The third-order valence-electron chi connectivity index (χ3n) is 6.15. The fourth-order valence-electron chi connectivity index (χ4n) is 6.49. The minimum Gasteiger partial charge on any atom is -0.339 e. The van der Waals surface area contributed by atoms with Crippen LogP contribution in [0.3, 0.4) is 0 Å². The molecule has 1 aromatic rings. The quantitative estimate of drug-likeness (QED) is 0.925. The predicted octanol–water partition coefficient (Wildman–Crippen LogP) is 3.08. The maximum atomic E-state index is 5.75. The lowest BCUT2D eigenvalue weighted by Gasteiger charge is -2.64. The van der Waals surface area contributed by atoms with Gasteiger partial charge in [-0.1, -0.05) is 19.0 Å². The maximum absolute atomic E-state index is 5.75. The summed E-state index contributed by atoms with van der Waals surface area (Å²) in [5, 5.41) is 7.38. The Bertz CT molecular complexity index is 534. The first-order valence-corrected chi connectivity index (χ1v) is 8.42. The van der Waals surface area contributed by atoms with Crippen molar-refractivity contribution in [1.82, 2.24) is 15.5 Å². The van der Waals surface area contributed by atoms with E-state index in [1.807, 2.05) is 7.05 Å². The van der Waals surface area contributed by atoms with Crippen LogP contribution in [0, 0.1) is 16.7 Å². The molecule has 1 aromatic heterocycles. The number of hydrogen-bond donors (Lipinski definition) is 1. The standard InChI is InChI=1S/C17H27N3O/c1-15-6-12-7-16(2,9-15)11-17(8-12,10-15)14-19-13(20-21-14)4-5-18-3/h12,18H,4-11H2,1-3H3. The van der Waals surface area contributed by atoms with Crippen LogP contribution in [0.15, 0.2) is 4.52 Å². The molecule has 0 amide bonds. The lowest BCUT2D eigenvalue weighted by Crippen LogP contribution is -2.57. The topological polar surface area (TPSA) is 51.0 Å². The minimum absolute atomic E-state index is 0.174. The molecule has 116 valence electrons. The smallest absolute Gasteiger partial charge is 0.232 e. The van der Waals surface area contributed by atoms with Crippen molar-refractivity contribution in [3.8, 4) is 0 Å². The van der Waals surface area contributed by atoms with Crippen molar-refractivity contribution >= 4 is 0 Å². The summed E-state index contributed by atoms with van der Waals surface area (Å²) in [5.74, 6) is 2.67. The van der Waals surface area contributed by atoms with Crippen LogP contribution in [0.5, 0.6) is 0 Å². The highest BCUT2D eigenvalue weighted by molar-refractivity contribution is 5.20. The molecule has 1 N–H and O–H groups in total. The van der Waals surface area contributed by atoms with Gasteiger partial charge in [0.05, 0.1) is 5.41 Å². The van der Waals surface area contributed by atoms with E-state index in [4.69, 9.17) is 9.51 Å². The summed E-state index contributed by atoms with van der Waals surface area (Å²) in [4.78, 5) is 4.78. The summed E-state index contributed by atoms with van der Waals surface area (Å²) >= 11 is 0. The molecule has 4 saturated carbocycles. The molecule has 4 heteroatoms. The second-order valence-corrected chi connectivity index (χ2v) is 8.78. The fourth-order valence-corrected chi connectivity index (χ4v) is 6.49. The van der Waals surface area contributed by atoms with Crippen molar-refractivity contribution in [2.24, 2.45) is 16.7 Å². The van der Waals surface area contributed by atoms with Crippen LogP contribution in [-0.4, -0.2) is 23.7 Å². The molecule has 4 nitrogen and oxygen atoms in total. The van der Waals surface area contributed by atoms with Crippen LogP contribution in [0.4, 0.5) is 0 Å². The molecular formula is C17H27N3O. The minimum atomic E-state index is 0.174. The number of aromatic nitrogens is 2. The summed E-state index contributed by atoms with van der Waals surface area (Å²) in [6.07, 6.45) is 8.83. The highest BCUT2D eigenvalue weighted by atomic mass is 16.5. The van der Waals surface area contributed by atoms with E-state index in [1.165, 1.54) is 38.5 Å². The van der Waals surface area contributed by atoms with Gasteiger partial charge in [-0.3, -0.25) is 0 Å². The molecule has 0 aliphatic heterocycles. The molecule has 4 aliphatic carbocycles. The van der Waals surface area contributed by atoms with Gasteiger partial charge in [0, 0.05) is 13.0 Å². The van der Waals surface area contributed by atoms with Crippen LogP contribution >= 0.6 is 0 Å². The molecule has 0 spiro atoms. The largest absolute Gasteiger partial charge is 0.339 e. The lowest BCUT2D eigenvalue weighted by molar-refractivity contribution is -0.118. The van der Waals surface area contributed by atoms with Crippen LogP contribution in [0.1, 0.15) is 64.1 Å². The molecule has 2 atom stereocenters. The summed E-state index contributed by atoms with van der Waals surface area (Å²) in [7, 11) is 1.96. The van der Waals surface area contributed by atoms with Gasteiger partial charge in [0.2, 0.25) is 5.89 Å². The number of hydrogen-bond acceptors (Lipinski definition) is 4. The molecule has 4 bridgehead atoms. The Morgan fingerprint density at radius 1 is 1.14 bits per heavy atom. The van der Waals surface area contributed by atoms with Crippen molar-refractivity contribution < 1.29 is 4.52 Å². The van der Waals surface area contributed by atoms with E-state index in [9.17, 15) is 0 Å². The van der Waals surface area contributed by atoms with Gasteiger partial charge in [0.15, 0.2) is 5.82 Å². The molecular weight excluding hydrogens is 262 g/mol. The van der Waals surface area contributed by atoms with E-state index in [0.717, 1.165) is 30.6 Å². The molecule has 1 heterocycles. The van der Waals surface area contributed by atoms with Crippen molar-refractivity contribution in [2.75, 3.05) is 13.6 Å². The molecule has 0 radical (unpaired) electrons. The number of nitrogens with zero attached hydrogens (tertiary/aromatic N) is 2. The van der Waals surface area contributed by atoms with Gasteiger partial charge >= 0.3 is 0 Å². The van der Waals surface area contributed by atoms with Crippen molar-refractivity contribution in [2.45, 2.75) is 64.2 Å². The second-order valence-electron chi connectivity index (χ2n) is 8.78. The van der Waals surface area contributed by atoms with Gasteiger partial charge in [0.25, 0.3) is 0 Å². The maximum Gasteiger partial charge on any atom is 0.232 e. The van der Waals surface area contributed by atoms with Gasteiger partial charge in [-0.2, -0.15) is 4.98 Å². The Hall–Kier alpha value is -0.900. The Kier molecular flexibility index (Phi) is 2.82. The normalized spacial score (nSPS) is 44.4. The first-order chi connectivity index (χ1) is 9.94.